The highest BCUT2D eigenvalue weighted by Gasteiger charge is 2.40. The topological polar surface area (TPSA) is 258 Å². The third-order valence-corrected chi connectivity index (χ3v) is 26.3. The fraction of sp³-hybridized carbons (Fsp3) is 0.0167. The summed E-state index contributed by atoms with van der Waals surface area (Å²) in [5.74, 6) is 0. The summed E-state index contributed by atoms with van der Waals surface area (Å²) in [4.78, 5) is 0. The molecule has 22 rings (SSSR count). The highest BCUT2D eigenvalue weighted by Crippen LogP contribution is 2.54. The lowest BCUT2D eigenvalue weighted by Crippen LogP contribution is -2.11. The molecule has 0 fully saturated rings. The molecular weight excluding hydrogens is 1750 g/mol. The maximum absolute atomic E-state index is 17.1. The van der Waals surface area contributed by atoms with Crippen molar-refractivity contribution in [2.45, 2.75) is 12.4 Å². The second-order valence-corrected chi connectivity index (χ2v) is 34.0. The summed E-state index contributed by atoms with van der Waals surface area (Å²) < 4.78 is 108. The van der Waals surface area contributed by atoms with Gasteiger partial charge in [0.15, 0.2) is 0 Å². The van der Waals surface area contributed by atoms with Crippen LogP contribution in [0.4, 0.5) is 26.3 Å². The van der Waals surface area contributed by atoms with E-state index in [9.17, 15) is 52.6 Å². The number of hydrogen-bond donors (Lipinski definition) is 0. The van der Waals surface area contributed by atoms with Crippen molar-refractivity contribution < 1.29 is 26.3 Å². The number of benzene rings is 18. The van der Waals surface area contributed by atoms with E-state index in [1.54, 1.807) is 126 Å². The quantitative estimate of drug-likeness (QED) is 0.0986. The van der Waals surface area contributed by atoms with Crippen molar-refractivity contribution >= 4 is 87.2 Å². The first-order chi connectivity index (χ1) is 68.2. The highest BCUT2D eigenvalue weighted by molar-refractivity contribution is 6.20. The average Bonchev–Trinajstić information content (AvgIpc) is 1.54. The Morgan fingerprint density at radius 1 is 0.179 bits per heavy atom. The van der Waals surface area contributed by atoms with Gasteiger partial charge < -0.3 is 18.3 Å². The summed E-state index contributed by atoms with van der Waals surface area (Å²) >= 11 is 0. The number of rotatable bonds is 13. The van der Waals surface area contributed by atoms with E-state index in [2.05, 4.69) is 48.6 Å². The number of aromatic nitrogens is 4. The van der Waals surface area contributed by atoms with Crippen molar-refractivity contribution in [1.82, 2.24) is 18.3 Å². The van der Waals surface area contributed by atoms with E-state index >= 15 is 26.3 Å². The monoisotopic (exact) mass is 1810 g/mol. The Bertz CT molecular complexity index is 9590. The fourth-order valence-electron chi connectivity index (χ4n) is 20.0. The molecule has 0 radical (unpaired) electrons. The summed E-state index contributed by atoms with van der Waals surface area (Å²) in [5.41, 5.74) is 9.80. The largest absolute Gasteiger partial charge is 0.417 e. The van der Waals surface area contributed by atoms with E-state index < -0.39 is 29.0 Å². The molecule has 650 valence electrons. The van der Waals surface area contributed by atoms with Crippen LogP contribution in [0.25, 0.3) is 210 Å². The summed E-state index contributed by atoms with van der Waals surface area (Å²) in [7, 11) is 0. The Morgan fingerprint density at radius 2 is 0.457 bits per heavy atom. The van der Waals surface area contributed by atoms with Gasteiger partial charge in [0.05, 0.1) is 194 Å². The zero-order valence-electron chi connectivity index (χ0n) is 73.0. The molecule has 4 aromatic heterocycles. The predicted octanol–water partition coefficient (Wildman–Crippen LogP) is 29.8. The Hall–Kier alpha value is -20.4. The van der Waals surface area contributed by atoms with E-state index in [1.165, 1.54) is 36.4 Å². The molecule has 0 spiro atoms. The van der Waals surface area contributed by atoms with Crippen LogP contribution in [0, 0.1) is 113 Å². The van der Waals surface area contributed by atoms with E-state index in [-0.39, 0.29) is 72.8 Å². The van der Waals surface area contributed by atoms with Crippen LogP contribution in [0.5, 0.6) is 0 Å². The van der Waals surface area contributed by atoms with Crippen LogP contribution >= 0.6 is 0 Å². The van der Waals surface area contributed by atoms with Crippen LogP contribution in [0.2, 0.25) is 0 Å². The molecule has 4 heterocycles. The fourth-order valence-corrected chi connectivity index (χ4v) is 20.0. The van der Waals surface area contributed by atoms with Crippen molar-refractivity contribution in [3.05, 3.63) is 419 Å². The molecule has 140 heavy (non-hydrogen) atoms. The number of alkyl halides is 6. The smallest absolute Gasteiger partial charge is 0.308 e. The van der Waals surface area contributed by atoms with Crippen LogP contribution in [0.15, 0.2) is 352 Å². The molecule has 18 aromatic carbocycles. The van der Waals surface area contributed by atoms with E-state index in [4.69, 9.17) is 0 Å². The molecule has 14 nitrogen and oxygen atoms in total. The van der Waals surface area contributed by atoms with Gasteiger partial charge >= 0.3 is 12.4 Å². The minimum absolute atomic E-state index is 0.00282. The van der Waals surface area contributed by atoms with Gasteiger partial charge in [-0.15, -0.1) is 0 Å². The Labute approximate surface area is 794 Å². The summed E-state index contributed by atoms with van der Waals surface area (Å²) in [6.07, 6.45) is -10.3. The molecule has 0 unspecified atom stereocenters. The van der Waals surface area contributed by atoms with E-state index in [0.29, 0.717) is 171 Å². The summed E-state index contributed by atoms with van der Waals surface area (Å²) in [5, 5.41) is 113. The first-order valence-electron chi connectivity index (χ1n) is 43.9. The second-order valence-electron chi connectivity index (χ2n) is 34.0. The molecule has 0 amide bonds. The lowest BCUT2D eigenvalue weighted by molar-refractivity contribution is -0.137. The van der Waals surface area contributed by atoms with Gasteiger partial charge in [-0.3, -0.25) is 0 Å². The molecule has 0 N–H and O–H groups in total. The van der Waals surface area contributed by atoms with Crippen LogP contribution in [-0.2, 0) is 12.4 Å². The van der Waals surface area contributed by atoms with Gasteiger partial charge in [0.1, 0.15) is 0 Å². The number of halogens is 6. The molecule has 0 bridgehead atoms. The first kappa shape index (κ1) is 85.1. The Kier molecular flexibility index (Phi) is 20.3. The maximum atomic E-state index is 17.1. The number of para-hydroxylation sites is 2. The van der Waals surface area contributed by atoms with E-state index in [0.717, 1.165) is 28.5 Å². The molecular formula is C120H58F6N14. The molecule has 22 aromatic rings. The molecule has 0 saturated carbocycles. The van der Waals surface area contributed by atoms with Crippen molar-refractivity contribution in [1.29, 1.82) is 52.6 Å². The van der Waals surface area contributed by atoms with Crippen molar-refractivity contribution in [3.8, 4) is 184 Å². The third-order valence-electron chi connectivity index (χ3n) is 26.3. The SMILES string of the molecule is N#Cc1ccc(-c2ccc3c4ccccc4n(-c4cc(C#N)cc(-n5c6ccccc6c6ccc(-c7ccc(C#N)c(-c8cc(-c9cccc(C#N)c9)cc9c8c8ccc(-c%10cccc(C#N)c%10)cc8n9-c8cc(C#N)cc(-n9c%10cc(-c%11cccc(C#N)c%11)ccc%10c%10ccc(-c%11cccc(C#N)c%11)cc%109)c8-c8ccc(C#N)cc8C(F)(F)F)c7)cc65)c4-c4ccc(C#N)cc4C(F)(F)F)c3c2)cc1. The van der Waals surface area contributed by atoms with Gasteiger partial charge in [-0.1, -0.05) is 176 Å². The zero-order chi connectivity index (χ0) is 96.3. The van der Waals surface area contributed by atoms with Crippen molar-refractivity contribution in [2.75, 3.05) is 0 Å². The molecule has 0 aliphatic carbocycles. The molecule has 0 saturated heterocycles. The normalized spacial score (nSPS) is 11.4. The lowest BCUT2D eigenvalue weighted by atomic mass is 9.89. The number of fused-ring (bicyclic) bond motifs is 12. The Morgan fingerprint density at radius 3 is 0.829 bits per heavy atom. The van der Waals surface area contributed by atoms with Gasteiger partial charge in [-0.25, -0.2) is 0 Å². The van der Waals surface area contributed by atoms with Gasteiger partial charge in [0.2, 0.25) is 0 Å². The summed E-state index contributed by atoms with van der Waals surface area (Å²) in [6.45, 7) is 0. The standard InChI is InChI=1S/C120H58F6N14/c121-119(122,123)102-45-74(64-132)23-34-97(102)117-111(137-104-19-3-1-17-91(104)93-36-29-84(53-106(93)137)78-25-21-69(59-127)22-26-78)47-76(66-134)48-112(117)138-105-20-4-2-18-92(105)94-37-32-88(56-107(94)138)83-27-28-89(68-136)100(51-83)101-52-90(82-16-8-12-73(44-82)63-131)58-115-116(101)99-40-33-87(81-15-7-11-72(43-81)62-130)57-110(99)140(115)114-50-77(67-135)49-113(118(114)98-35-24-75(65-133)46-103(98)120(124,125)126)139-108-54-85(79-13-5-9-70(41-79)60-128)30-38-95(108)96-39-31-86(55-109(96)139)80-14-6-10-71(42-80)61-129/h1-58H. The third kappa shape index (κ3) is 14.2. The zero-order valence-corrected chi connectivity index (χ0v) is 73.0. The van der Waals surface area contributed by atoms with Gasteiger partial charge in [-0.2, -0.15) is 79.0 Å². The van der Waals surface area contributed by atoms with Crippen LogP contribution in [-0.4, -0.2) is 18.3 Å². The lowest BCUT2D eigenvalue weighted by Gasteiger charge is -2.24. The average molecular weight is 1810 g/mol. The second kappa shape index (κ2) is 33.4. The van der Waals surface area contributed by atoms with Gasteiger partial charge in [0.25, 0.3) is 0 Å². The van der Waals surface area contributed by atoms with Crippen molar-refractivity contribution in [3.63, 3.8) is 0 Å². The number of nitriles is 10. The number of hydrogen-bond acceptors (Lipinski definition) is 10. The van der Waals surface area contributed by atoms with Crippen LogP contribution in [0.3, 0.4) is 0 Å². The highest BCUT2D eigenvalue weighted by atomic mass is 19.4. The molecule has 0 atom stereocenters. The molecule has 0 aliphatic rings. The maximum Gasteiger partial charge on any atom is 0.417 e. The van der Waals surface area contributed by atoms with Crippen molar-refractivity contribution in [2.24, 2.45) is 0 Å². The number of nitrogens with zero attached hydrogens (tertiary/aromatic N) is 14. The predicted molar refractivity (Wildman–Crippen MR) is 530 cm³/mol. The van der Waals surface area contributed by atoms with Gasteiger partial charge in [-0.05, 0) is 259 Å². The van der Waals surface area contributed by atoms with E-state index in [1.807, 2.05) is 208 Å². The molecule has 20 heteroatoms. The van der Waals surface area contributed by atoms with Crippen LogP contribution < -0.4 is 0 Å². The molecule has 0 aliphatic heterocycles. The first-order valence-corrected chi connectivity index (χ1v) is 43.9. The van der Waals surface area contributed by atoms with Crippen LogP contribution in [0.1, 0.15) is 66.8 Å². The minimum atomic E-state index is -5.20. The minimum Gasteiger partial charge on any atom is -0.308 e. The van der Waals surface area contributed by atoms with Gasteiger partial charge in [0, 0.05) is 59.8 Å². The summed E-state index contributed by atoms with van der Waals surface area (Å²) in [6, 6.07) is 122. The Balaban J connectivity index is 0.846.